The number of aromatic nitrogens is 2. The maximum Gasteiger partial charge on any atom is 0.341 e. The van der Waals surface area contributed by atoms with Crippen molar-refractivity contribution in [3.05, 3.63) is 53.4 Å². The van der Waals surface area contributed by atoms with Gasteiger partial charge in [-0.1, -0.05) is 26.0 Å². The minimum Gasteiger partial charge on any atom is -0.462 e. The Morgan fingerprint density at radius 1 is 1.23 bits per heavy atom. The lowest BCUT2D eigenvalue weighted by atomic mass is 9.71. The van der Waals surface area contributed by atoms with Crippen LogP contribution in [0.5, 0.6) is 0 Å². The van der Waals surface area contributed by atoms with Gasteiger partial charge in [0.15, 0.2) is 11.6 Å². The van der Waals surface area contributed by atoms with Crippen molar-refractivity contribution in [3.63, 3.8) is 0 Å². The summed E-state index contributed by atoms with van der Waals surface area (Å²) < 4.78 is 32.6. The summed E-state index contributed by atoms with van der Waals surface area (Å²) in [7, 11) is 0. The molecule has 0 bridgehead atoms. The van der Waals surface area contributed by atoms with Gasteiger partial charge in [-0.3, -0.25) is 0 Å². The standard InChI is InChI=1S/C17H17F2N3O2.C2H6/c1-2-24-15(23)11-9-20-16(21-10-11)22-17(7-4-8-17)12-5-3-6-13(18)14(12)19;1-2/h3,5-6,9-10H,2,4,7-8H2,1H3,(H,20,21,22);1-2H3. The van der Waals surface area contributed by atoms with E-state index in [2.05, 4.69) is 15.3 Å². The molecule has 7 heteroatoms. The lowest BCUT2D eigenvalue weighted by molar-refractivity contribution is 0.0525. The fraction of sp³-hybridized carbons (Fsp3) is 0.421. The summed E-state index contributed by atoms with van der Waals surface area (Å²) in [5.41, 5.74) is -0.216. The molecule has 5 nitrogen and oxygen atoms in total. The Bertz CT molecular complexity index is 747. The first-order valence-electron chi connectivity index (χ1n) is 8.77. The van der Waals surface area contributed by atoms with Crippen molar-refractivity contribution >= 4 is 11.9 Å². The second kappa shape index (κ2) is 8.69. The molecule has 0 spiro atoms. The van der Waals surface area contributed by atoms with E-state index < -0.39 is 23.1 Å². The van der Waals surface area contributed by atoms with E-state index in [1.54, 1.807) is 13.0 Å². The topological polar surface area (TPSA) is 64.1 Å². The molecule has 26 heavy (non-hydrogen) atoms. The number of ether oxygens (including phenoxy) is 1. The average Bonchev–Trinajstić information content (AvgIpc) is 2.63. The van der Waals surface area contributed by atoms with Gasteiger partial charge < -0.3 is 10.1 Å². The van der Waals surface area contributed by atoms with Gasteiger partial charge in [-0.05, 0) is 32.3 Å². The van der Waals surface area contributed by atoms with Gasteiger partial charge in [-0.25, -0.2) is 23.5 Å². The van der Waals surface area contributed by atoms with Crippen molar-refractivity contribution in [1.29, 1.82) is 0 Å². The van der Waals surface area contributed by atoms with E-state index in [-0.39, 0.29) is 23.7 Å². The number of carbonyl (C=O) groups excluding carboxylic acids is 1. The van der Waals surface area contributed by atoms with Gasteiger partial charge in [0.2, 0.25) is 5.95 Å². The number of hydrogen-bond acceptors (Lipinski definition) is 5. The minimum absolute atomic E-state index is 0.238. The Labute approximate surface area is 151 Å². The summed E-state index contributed by atoms with van der Waals surface area (Å²) in [6, 6.07) is 4.15. The number of carbonyl (C=O) groups is 1. The van der Waals surface area contributed by atoms with Gasteiger partial charge in [0.25, 0.3) is 0 Å². The average molecular weight is 363 g/mol. The van der Waals surface area contributed by atoms with E-state index in [9.17, 15) is 13.6 Å². The van der Waals surface area contributed by atoms with Crippen molar-refractivity contribution in [2.75, 3.05) is 11.9 Å². The summed E-state index contributed by atoms with van der Waals surface area (Å²) in [6.45, 7) is 5.98. The van der Waals surface area contributed by atoms with Gasteiger partial charge in [-0.2, -0.15) is 0 Å². The Morgan fingerprint density at radius 3 is 2.42 bits per heavy atom. The molecule has 0 radical (unpaired) electrons. The van der Waals surface area contributed by atoms with Crippen LogP contribution in [0, 0.1) is 11.6 Å². The van der Waals surface area contributed by atoms with Crippen molar-refractivity contribution in [2.45, 2.75) is 45.6 Å². The third-order valence-electron chi connectivity index (χ3n) is 4.19. The molecule has 0 atom stereocenters. The predicted molar refractivity (Wildman–Crippen MR) is 94.8 cm³/mol. The molecular weight excluding hydrogens is 340 g/mol. The van der Waals surface area contributed by atoms with Crippen LogP contribution in [-0.2, 0) is 10.3 Å². The zero-order chi connectivity index (χ0) is 19.2. The number of anilines is 1. The quantitative estimate of drug-likeness (QED) is 0.795. The molecule has 1 aliphatic rings. The second-order valence-electron chi connectivity index (χ2n) is 5.68. The summed E-state index contributed by atoms with van der Waals surface area (Å²) >= 11 is 0. The van der Waals surface area contributed by atoms with Gasteiger partial charge in [0, 0.05) is 18.0 Å². The van der Waals surface area contributed by atoms with Gasteiger partial charge in [0.1, 0.15) is 0 Å². The SMILES string of the molecule is CC.CCOC(=O)c1cnc(NC2(c3cccc(F)c3F)CCC2)nc1. The summed E-state index contributed by atoms with van der Waals surface area (Å²) in [5, 5.41) is 3.09. The molecule has 1 aromatic carbocycles. The first-order valence-corrected chi connectivity index (χ1v) is 8.77. The maximum atomic E-state index is 14.2. The Balaban J connectivity index is 0.00000117. The maximum absolute atomic E-state index is 14.2. The second-order valence-corrected chi connectivity index (χ2v) is 5.68. The summed E-state index contributed by atoms with van der Waals surface area (Å²) in [6.07, 6.45) is 4.89. The van der Waals surface area contributed by atoms with Gasteiger partial charge in [-0.15, -0.1) is 0 Å². The molecular formula is C19H23F2N3O2. The van der Waals surface area contributed by atoms with Gasteiger partial charge in [0.05, 0.1) is 17.7 Å². The molecule has 0 aliphatic heterocycles. The Hall–Kier alpha value is -2.57. The molecule has 1 aromatic heterocycles. The molecule has 1 N–H and O–H groups in total. The number of rotatable bonds is 5. The molecule has 0 saturated heterocycles. The number of esters is 1. The van der Waals surface area contributed by atoms with E-state index in [1.165, 1.54) is 18.5 Å². The van der Waals surface area contributed by atoms with Crippen LogP contribution in [0.3, 0.4) is 0 Å². The molecule has 1 fully saturated rings. The van der Waals surface area contributed by atoms with Crippen molar-refractivity contribution in [3.8, 4) is 0 Å². The highest BCUT2D eigenvalue weighted by Gasteiger charge is 2.41. The fourth-order valence-corrected chi connectivity index (χ4v) is 2.79. The lowest BCUT2D eigenvalue weighted by Gasteiger charge is -2.43. The molecule has 1 saturated carbocycles. The number of nitrogens with zero attached hydrogens (tertiary/aromatic N) is 2. The number of benzene rings is 1. The van der Waals surface area contributed by atoms with Crippen LogP contribution in [0.25, 0.3) is 0 Å². The smallest absolute Gasteiger partial charge is 0.341 e. The lowest BCUT2D eigenvalue weighted by Crippen LogP contribution is -2.43. The Morgan fingerprint density at radius 2 is 1.88 bits per heavy atom. The highest BCUT2D eigenvalue weighted by atomic mass is 19.2. The van der Waals surface area contributed by atoms with E-state index >= 15 is 0 Å². The number of hydrogen-bond donors (Lipinski definition) is 1. The van der Waals surface area contributed by atoms with Crippen molar-refractivity contribution < 1.29 is 18.3 Å². The van der Waals surface area contributed by atoms with E-state index in [1.807, 2.05) is 13.8 Å². The normalized spacial score (nSPS) is 14.5. The van der Waals surface area contributed by atoms with Crippen LogP contribution >= 0.6 is 0 Å². The predicted octanol–water partition coefficient (Wildman–Crippen LogP) is 4.45. The van der Waals surface area contributed by atoms with E-state index in [0.29, 0.717) is 12.8 Å². The highest BCUT2D eigenvalue weighted by Crippen LogP contribution is 2.44. The van der Waals surface area contributed by atoms with E-state index in [0.717, 1.165) is 12.5 Å². The molecule has 2 aromatic rings. The summed E-state index contributed by atoms with van der Waals surface area (Å²) in [4.78, 5) is 19.8. The zero-order valence-corrected chi connectivity index (χ0v) is 15.2. The van der Waals surface area contributed by atoms with Crippen LogP contribution in [0.2, 0.25) is 0 Å². The third-order valence-corrected chi connectivity index (χ3v) is 4.19. The van der Waals surface area contributed by atoms with Crippen LogP contribution in [0.15, 0.2) is 30.6 Å². The van der Waals surface area contributed by atoms with E-state index in [4.69, 9.17) is 4.74 Å². The molecule has 0 amide bonds. The summed E-state index contributed by atoms with van der Waals surface area (Å²) in [5.74, 6) is -1.98. The molecule has 1 aliphatic carbocycles. The molecule has 0 unspecified atom stereocenters. The first kappa shape index (κ1) is 19.8. The van der Waals surface area contributed by atoms with Crippen LogP contribution in [0.4, 0.5) is 14.7 Å². The largest absolute Gasteiger partial charge is 0.462 e. The Kier molecular flexibility index (Phi) is 6.60. The monoisotopic (exact) mass is 363 g/mol. The number of halogens is 2. The van der Waals surface area contributed by atoms with Crippen LogP contribution in [-0.4, -0.2) is 22.5 Å². The fourth-order valence-electron chi connectivity index (χ4n) is 2.79. The third kappa shape index (κ3) is 3.98. The highest BCUT2D eigenvalue weighted by molar-refractivity contribution is 5.88. The minimum atomic E-state index is -0.876. The van der Waals surface area contributed by atoms with Crippen LogP contribution < -0.4 is 5.32 Å². The van der Waals surface area contributed by atoms with Crippen molar-refractivity contribution in [1.82, 2.24) is 9.97 Å². The van der Waals surface area contributed by atoms with Crippen LogP contribution in [0.1, 0.15) is 56.0 Å². The zero-order valence-electron chi connectivity index (χ0n) is 15.2. The number of nitrogens with one attached hydrogen (secondary N) is 1. The molecule has 3 rings (SSSR count). The molecule has 1 heterocycles. The molecule has 140 valence electrons. The van der Waals surface area contributed by atoms with Gasteiger partial charge >= 0.3 is 5.97 Å². The first-order chi connectivity index (χ1) is 12.6. The van der Waals surface area contributed by atoms with Crippen molar-refractivity contribution in [2.24, 2.45) is 0 Å².